The topological polar surface area (TPSA) is 59.0 Å². The van der Waals surface area contributed by atoms with E-state index < -0.39 is 5.60 Å². The van der Waals surface area contributed by atoms with Crippen LogP contribution in [0, 0.1) is 0 Å². The maximum Gasteiger partial charge on any atom is 0.254 e. The highest BCUT2D eigenvalue weighted by Crippen LogP contribution is 2.32. The van der Waals surface area contributed by atoms with E-state index in [1.165, 1.54) is 0 Å². The van der Waals surface area contributed by atoms with E-state index in [-0.39, 0.29) is 12.0 Å². The highest BCUT2D eigenvalue weighted by Gasteiger charge is 2.45. The summed E-state index contributed by atoms with van der Waals surface area (Å²) >= 11 is 0. The third-order valence-electron chi connectivity index (χ3n) is 4.80. The molecule has 1 unspecified atom stereocenters. The van der Waals surface area contributed by atoms with Gasteiger partial charge in [0.15, 0.2) is 0 Å². The molecule has 5 heteroatoms. The number of carbonyl (C=O) groups excluding carboxylic acids is 1. The van der Waals surface area contributed by atoms with Gasteiger partial charge in [-0.25, -0.2) is 0 Å². The van der Waals surface area contributed by atoms with Crippen LogP contribution in [0.2, 0.25) is 0 Å². The van der Waals surface area contributed by atoms with Crippen molar-refractivity contribution >= 4 is 5.91 Å². The quantitative estimate of drug-likeness (QED) is 0.928. The van der Waals surface area contributed by atoms with Crippen molar-refractivity contribution in [2.75, 3.05) is 26.3 Å². The number of rotatable bonds is 4. The minimum atomic E-state index is -0.942. The van der Waals surface area contributed by atoms with Gasteiger partial charge in [-0.3, -0.25) is 4.79 Å². The van der Waals surface area contributed by atoms with Gasteiger partial charge >= 0.3 is 0 Å². The van der Waals surface area contributed by atoms with Crippen LogP contribution in [0.3, 0.4) is 0 Å². The molecule has 0 saturated carbocycles. The van der Waals surface area contributed by atoms with Crippen LogP contribution in [0.4, 0.5) is 0 Å². The summed E-state index contributed by atoms with van der Waals surface area (Å²) in [6.07, 6.45) is 0.991. The summed E-state index contributed by atoms with van der Waals surface area (Å²) < 4.78 is 11.1. The van der Waals surface area contributed by atoms with Gasteiger partial charge in [-0.15, -0.1) is 0 Å². The first-order chi connectivity index (χ1) is 12.1. The first-order valence-corrected chi connectivity index (χ1v) is 8.56. The number of likely N-dealkylation sites (tertiary alicyclic amines) is 1. The number of hydrogen-bond donors (Lipinski definition) is 1. The van der Waals surface area contributed by atoms with Gasteiger partial charge in [-0.05, 0) is 29.8 Å². The summed E-state index contributed by atoms with van der Waals surface area (Å²) in [5, 5.41) is 10.6. The smallest absolute Gasteiger partial charge is 0.254 e. The predicted molar refractivity (Wildman–Crippen MR) is 92.5 cm³/mol. The first kappa shape index (κ1) is 16.1. The Balaban J connectivity index is 1.37. The molecule has 130 valence electrons. The van der Waals surface area contributed by atoms with Crippen molar-refractivity contribution in [2.24, 2.45) is 0 Å². The predicted octanol–water partition coefficient (Wildman–Crippen LogP) is 2.20. The summed E-state index contributed by atoms with van der Waals surface area (Å²) in [6, 6.07) is 16.7. The van der Waals surface area contributed by atoms with Gasteiger partial charge in [0.05, 0.1) is 26.3 Å². The second-order valence-corrected chi connectivity index (χ2v) is 6.69. The molecule has 5 nitrogen and oxygen atoms in total. The lowest BCUT2D eigenvalue weighted by Crippen LogP contribution is -2.61. The Morgan fingerprint density at radius 3 is 2.48 bits per heavy atom. The van der Waals surface area contributed by atoms with Gasteiger partial charge in [-0.1, -0.05) is 30.3 Å². The fraction of sp³-hybridized carbons (Fsp3) is 0.350. The number of β-amino-alcohol motifs (C(OH)–C–C–N with tert-alkyl or cyclic N) is 1. The molecule has 1 amide bonds. The van der Waals surface area contributed by atoms with E-state index in [4.69, 9.17) is 9.47 Å². The number of nitrogens with zero attached hydrogens (tertiary/aromatic N) is 1. The van der Waals surface area contributed by atoms with Gasteiger partial charge < -0.3 is 19.5 Å². The number of amides is 1. The van der Waals surface area contributed by atoms with Gasteiger partial charge in [0.2, 0.25) is 0 Å². The van der Waals surface area contributed by atoms with E-state index >= 15 is 0 Å². The number of hydrogen-bond acceptors (Lipinski definition) is 4. The molecule has 0 spiro atoms. The zero-order valence-electron chi connectivity index (χ0n) is 13.9. The van der Waals surface area contributed by atoms with Crippen molar-refractivity contribution in [3.05, 3.63) is 65.7 Å². The highest BCUT2D eigenvalue weighted by molar-refractivity contribution is 5.95. The Kier molecular flexibility index (Phi) is 4.19. The van der Waals surface area contributed by atoms with E-state index in [1.54, 1.807) is 17.0 Å². The highest BCUT2D eigenvalue weighted by atomic mass is 16.5. The Hall–Kier alpha value is -2.37. The molecule has 1 N–H and O–H groups in total. The number of benzene rings is 2. The Bertz CT molecular complexity index is 732. The van der Waals surface area contributed by atoms with E-state index in [0.29, 0.717) is 25.3 Å². The lowest BCUT2D eigenvalue weighted by Gasteiger charge is -2.46. The van der Waals surface area contributed by atoms with E-state index in [9.17, 15) is 9.90 Å². The summed E-state index contributed by atoms with van der Waals surface area (Å²) in [4.78, 5) is 14.2. The number of carbonyl (C=O) groups is 1. The normalized spacial score (nSPS) is 21.6. The Labute approximate surface area is 146 Å². The van der Waals surface area contributed by atoms with E-state index in [2.05, 4.69) is 0 Å². The van der Waals surface area contributed by atoms with Crippen LogP contribution in [0.5, 0.6) is 5.75 Å². The Morgan fingerprint density at radius 2 is 1.84 bits per heavy atom. The molecule has 2 fully saturated rings. The van der Waals surface area contributed by atoms with E-state index in [0.717, 1.165) is 24.3 Å². The third kappa shape index (κ3) is 3.25. The van der Waals surface area contributed by atoms with Crippen molar-refractivity contribution < 1.29 is 19.4 Å². The first-order valence-electron chi connectivity index (χ1n) is 8.56. The Morgan fingerprint density at radius 1 is 1.12 bits per heavy atom. The van der Waals surface area contributed by atoms with Crippen molar-refractivity contribution in [3.63, 3.8) is 0 Å². The third-order valence-corrected chi connectivity index (χ3v) is 4.80. The monoisotopic (exact) mass is 339 g/mol. The van der Waals surface area contributed by atoms with Crippen molar-refractivity contribution in [2.45, 2.75) is 18.1 Å². The average Bonchev–Trinajstić information content (AvgIpc) is 3.13. The molecule has 0 bridgehead atoms. The summed E-state index contributed by atoms with van der Waals surface area (Å²) in [7, 11) is 0. The fourth-order valence-corrected chi connectivity index (χ4v) is 3.32. The van der Waals surface area contributed by atoms with Crippen LogP contribution in [-0.4, -0.2) is 48.3 Å². The van der Waals surface area contributed by atoms with Crippen molar-refractivity contribution in [1.82, 2.24) is 4.90 Å². The van der Waals surface area contributed by atoms with Gasteiger partial charge in [0.1, 0.15) is 17.5 Å². The fourth-order valence-electron chi connectivity index (χ4n) is 3.32. The molecule has 2 aliphatic rings. The lowest BCUT2D eigenvalue weighted by molar-refractivity contribution is -0.0863. The number of ether oxygens (including phenoxy) is 2. The molecule has 25 heavy (non-hydrogen) atoms. The molecule has 2 aromatic carbocycles. The average molecular weight is 339 g/mol. The number of aliphatic hydroxyl groups is 1. The minimum Gasteiger partial charge on any atom is -0.488 e. The van der Waals surface area contributed by atoms with Crippen LogP contribution < -0.4 is 4.74 Å². The molecule has 0 radical (unpaired) electrons. The molecule has 0 aromatic heterocycles. The van der Waals surface area contributed by atoms with Crippen molar-refractivity contribution in [3.8, 4) is 5.75 Å². The molecule has 2 aliphatic heterocycles. The van der Waals surface area contributed by atoms with Crippen LogP contribution in [0.15, 0.2) is 54.6 Å². The van der Waals surface area contributed by atoms with Crippen LogP contribution in [0.1, 0.15) is 22.3 Å². The molecular formula is C20H21NO4. The minimum absolute atomic E-state index is 0.0728. The summed E-state index contributed by atoms with van der Waals surface area (Å²) in [5.74, 6) is 0.674. The zero-order chi connectivity index (χ0) is 17.3. The molecule has 1 atom stereocenters. The lowest BCUT2D eigenvalue weighted by atomic mass is 9.85. The van der Waals surface area contributed by atoms with Gasteiger partial charge in [0, 0.05) is 12.0 Å². The second-order valence-electron chi connectivity index (χ2n) is 6.69. The standard InChI is InChI=1S/C20H21NO4/c22-19(21-13-20(23,14-21)16-4-2-1-3-5-16)15-6-8-17(9-7-15)25-18-10-11-24-12-18/h1-9,18,23H,10-14H2. The van der Waals surface area contributed by atoms with Crippen LogP contribution >= 0.6 is 0 Å². The maximum atomic E-state index is 12.6. The molecular weight excluding hydrogens is 318 g/mol. The summed E-state index contributed by atoms with van der Waals surface area (Å²) in [6.45, 7) is 1.98. The van der Waals surface area contributed by atoms with Gasteiger partial charge in [-0.2, -0.15) is 0 Å². The van der Waals surface area contributed by atoms with Crippen LogP contribution in [0.25, 0.3) is 0 Å². The SMILES string of the molecule is O=C(c1ccc(OC2CCOC2)cc1)N1CC(O)(c2ccccc2)C1. The molecule has 2 aromatic rings. The maximum absolute atomic E-state index is 12.6. The summed E-state index contributed by atoms with van der Waals surface area (Å²) in [5.41, 5.74) is 0.509. The zero-order valence-corrected chi connectivity index (χ0v) is 13.9. The van der Waals surface area contributed by atoms with Crippen molar-refractivity contribution in [1.29, 1.82) is 0 Å². The largest absolute Gasteiger partial charge is 0.488 e. The molecule has 0 aliphatic carbocycles. The van der Waals surface area contributed by atoms with E-state index in [1.807, 2.05) is 42.5 Å². The van der Waals surface area contributed by atoms with Gasteiger partial charge in [0.25, 0.3) is 5.91 Å². The molecule has 4 rings (SSSR count). The second kappa shape index (κ2) is 6.50. The molecule has 2 heterocycles. The van der Waals surface area contributed by atoms with Crippen LogP contribution in [-0.2, 0) is 10.3 Å². The molecule has 2 saturated heterocycles.